The van der Waals surface area contributed by atoms with Crippen molar-refractivity contribution in [2.45, 2.75) is 64.0 Å². The van der Waals surface area contributed by atoms with Crippen LogP contribution in [0, 0.1) is 11.8 Å². The molecule has 2 bridgehead atoms. The van der Waals surface area contributed by atoms with E-state index >= 15 is 0 Å². The predicted octanol–water partition coefficient (Wildman–Crippen LogP) is 3.11. The van der Waals surface area contributed by atoms with Crippen molar-refractivity contribution >= 4 is 5.91 Å². The normalized spacial score (nSPS) is 34.7. The molecule has 23 heavy (non-hydrogen) atoms. The number of amides is 1. The molecule has 1 saturated carbocycles. The van der Waals surface area contributed by atoms with Crippen LogP contribution in [0.25, 0.3) is 0 Å². The first-order chi connectivity index (χ1) is 10.9. The zero-order chi connectivity index (χ0) is 16.4. The van der Waals surface area contributed by atoms with Crippen molar-refractivity contribution in [3.8, 4) is 0 Å². The van der Waals surface area contributed by atoms with Gasteiger partial charge < -0.3 is 5.73 Å². The Bertz CT molecular complexity index is 651. The van der Waals surface area contributed by atoms with Crippen LogP contribution in [-0.2, 0) is 11.8 Å². The highest BCUT2D eigenvalue weighted by atomic mass is 16.1. The highest BCUT2D eigenvalue weighted by Crippen LogP contribution is 2.50. The fraction of sp³-hybridized carbons (Fsp3) is 0.650. The number of primary amides is 1. The summed E-state index contributed by atoms with van der Waals surface area (Å²) in [5.41, 5.74) is 9.13. The Morgan fingerprint density at radius 1 is 1.39 bits per heavy atom. The van der Waals surface area contributed by atoms with Gasteiger partial charge in [0.15, 0.2) is 0 Å². The monoisotopic (exact) mass is 312 g/mol. The summed E-state index contributed by atoms with van der Waals surface area (Å²) in [4.78, 5) is 14.4. The summed E-state index contributed by atoms with van der Waals surface area (Å²) in [5, 5.41) is 0. The van der Waals surface area contributed by atoms with E-state index in [1.165, 1.54) is 36.9 Å². The topological polar surface area (TPSA) is 46.3 Å². The van der Waals surface area contributed by atoms with Crippen LogP contribution in [0.3, 0.4) is 0 Å². The maximum absolute atomic E-state index is 11.6. The molecule has 1 saturated heterocycles. The Balaban J connectivity index is 1.73. The van der Waals surface area contributed by atoms with E-state index in [0.29, 0.717) is 17.5 Å². The van der Waals surface area contributed by atoms with Crippen LogP contribution < -0.4 is 5.73 Å². The number of likely N-dealkylation sites (tertiary alicyclic amines) is 1. The second-order valence-corrected chi connectivity index (χ2v) is 8.28. The van der Waals surface area contributed by atoms with Crippen LogP contribution in [-0.4, -0.2) is 29.4 Å². The zero-order valence-corrected chi connectivity index (χ0v) is 14.5. The molecule has 1 heterocycles. The number of carbonyl (C=O) groups excluding carboxylic acids is 1. The molecular formula is C20H28N2O. The van der Waals surface area contributed by atoms with E-state index in [1.807, 2.05) is 6.07 Å². The van der Waals surface area contributed by atoms with E-state index in [-0.39, 0.29) is 11.3 Å². The summed E-state index contributed by atoms with van der Waals surface area (Å²) in [6.45, 7) is 8.42. The lowest BCUT2D eigenvalue weighted by Gasteiger charge is -2.56. The molecule has 3 aliphatic rings. The van der Waals surface area contributed by atoms with Gasteiger partial charge in [0.1, 0.15) is 0 Å². The maximum atomic E-state index is 11.6. The van der Waals surface area contributed by atoms with Gasteiger partial charge >= 0.3 is 0 Å². The summed E-state index contributed by atoms with van der Waals surface area (Å²) in [6.07, 6.45) is 5.11. The molecule has 0 radical (unpaired) electrons. The van der Waals surface area contributed by atoms with Crippen LogP contribution in [0.4, 0.5) is 0 Å². The fourth-order valence-electron chi connectivity index (χ4n) is 5.16. The molecule has 0 spiro atoms. The molecule has 4 atom stereocenters. The Kier molecular flexibility index (Phi) is 3.35. The van der Waals surface area contributed by atoms with Gasteiger partial charge in [0.25, 0.3) is 0 Å². The quantitative estimate of drug-likeness (QED) is 0.932. The predicted molar refractivity (Wildman–Crippen MR) is 92.5 cm³/mol. The largest absolute Gasteiger partial charge is 0.366 e. The van der Waals surface area contributed by atoms with Gasteiger partial charge in [-0.2, -0.15) is 0 Å². The zero-order valence-electron chi connectivity index (χ0n) is 14.5. The van der Waals surface area contributed by atoms with Crippen molar-refractivity contribution in [1.82, 2.24) is 4.90 Å². The van der Waals surface area contributed by atoms with Crippen LogP contribution in [0.15, 0.2) is 18.2 Å². The third kappa shape index (κ3) is 2.24. The molecule has 1 aromatic carbocycles. The Morgan fingerprint density at radius 2 is 2.13 bits per heavy atom. The number of fused-ring (bicyclic) bond motifs is 4. The van der Waals surface area contributed by atoms with Crippen LogP contribution in [0.5, 0.6) is 0 Å². The molecule has 0 aromatic heterocycles. The van der Waals surface area contributed by atoms with Gasteiger partial charge in [-0.25, -0.2) is 0 Å². The SMILES string of the molecule is CC(C1CC1)N1CC[C@@]2(C)c3cc(C(N)=O)ccc3C[C@@H]1[C@@H]2C. The third-order valence-corrected chi connectivity index (χ3v) is 7.16. The minimum absolute atomic E-state index is 0.170. The third-order valence-electron chi connectivity index (χ3n) is 7.16. The lowest BCUT2D eigenvalue weighted by Crippen LogP contribution is -2.60. The molecule has 124 valence electrons. The van der Waals surface area contributed by atoms with E-state index in [1.54, 1.807) is 0 Å². The Hall–Kier alpha value is -1.35. The average molecular weight is 312 g/mol. The number of nitrogens with two attached hydrogens (primary N) is 1. The lowest BCUT2D eigenvalue weighted by atomic mass is 9.58. The molecule has 2 N–H and O–H groups in total. The summed E-state index contributed by atoms with van der Waals surface area (Å²) >= 11 is 0. The van der Waals surface area contributed by atoms with E-state index in [2.05, 4.69) is 37.8 Å². The molecule has 4 rings (SSSR count). The van der Waals surface area contributed by atoms with E-state index in [0.717, 1.165) is 18.4 Å². The van der Waals surface area contributed by atoms with Gasteiger partial charge in [0.2, 0.25) is 5.91 Å². The number of nitrogens with zero attached hydrogens (tertiary/aromatic N) is 1. The first-order valence-electron chi connectivity index (χ1n) is 9.11. The van der Waals surface area contributed by atoms with Gasteiger partial charge in [-0.3, -0.25) is 9.69 Å². The van der Waals surface area contributed by atoms with Crippen LogP contribution >= 0.6 is 0 Å². The Morgan fingerprint density at radius 3 is 2.78 bits per heavy atom. The van der Waals surface area contributed by atoms with Crippen molar-refractivity contribution in [3.63, 3.8) is 0 Å². The fourth-order valence-corrected chi connectivity index (χ4v) is 5.16. The number of carbonyl (C=O) groups is 1. The first kappa shape index (κ1) is 15.2. The highest BCUT2D eigenvalue weighted by molar-refractivity contribution is 5.93. The summed E-state index contributed by atoms with van der Waals surface area (Å²) in [6, 6.07) is 7.49. The number of piperidine rings is 1. The number of hydrogen-bond acceptors (Lipinski definition) is 2. The molecular weight excluding hydrogens is 284 g/mol. The molecule has 3 nitrogen and oxygen atoms in total. The van der Waals surface area contributed by atoms with E-state index in [9.17, 15) is 4.79 Å². The molecule has 1 aliphatic heterocycles. The minimum atomic E-state index is -0.314. The second-order valence-electron chi connectivity index (χ2n) is 8.28. The van der Waals surface area contributed by atoms with Crippen molar-refractivity contribution in [2.75, 3.05) is 6.54 Å². The molecule has 1 amide bonds. The minimum Gasteiger partial charge on any atom is -0.366 e. The molecule has 3 heteroatoms. The van der Waals surface area contributed by atoms with Gasteiger partial charge in [-0.05, 0) is 79.7 Å². The summed E-state index contributed by atoms with van der Waals surface area (Å²) < 4.78 is 0. The van der Waals surface area contributed by atoms with Gasteiger partial charge in [0, 0.05) is 17.6 Å². The van der Waals surface area contributed by atoms with Gasteiger partial charge in [-0.15, -0.1) is 0 Å². The van der Waals surface area contributed by atoms with Crippen molar-refractivity contribution in [2.24, 2.45) is 17.6 Å². The summed E-state index contributed by atoms with van der Waals surface area (Å²) in [5.74, 6) is 1.23. The number of rotatable bonds is 3. The van der Waals surface area contributed by atoms with E-state index in [4.69, 9.17) is 5.73 Å². The van der Waals surface area contributed by atoms with Crippen molar-refractivity contribution in [3.05, 3.63) is 34.9 Å². The van der Waals surface area contributed by atoms with Gasteiger partial charge in [-0.1, -0.05) is 19.9 Å². The smallest absolute Gasteiger partial charge is 0.248 e. The Labute approximate surface area is 139 Å². The average Bonchev–Trinajstić information content (AvgIpc) is 3.34. The molecule has 1 unspecified atom stereocenters. The second kappa shape index (κ2) is 5.07. The molecule has 2 aliphatic carbocycles. The van der Waals surface area contributed by atoms with Crippen LogP contribution in [0.2, 0.25) is 0 Å². The standard InChI is InChI=1S/C20H28N2O/c1-12-18-11-15-6-7-16(19(21)23)10-17(15)20(12,3)8-9-22(18)13(2)14-4-5-14/h6-7,10,12-14,18H,4-5,8-9,11H2,1-3H3,(H2,21,23)/t12-,13?,18+,20+/m0/s1. The molecule has 1 aromatic rings. The maximum Gasteiger partial charge on any atom is 0.248 e. The van der Waals surface area contributed by atoms with Crippen molar-refractivity contribution in [1.29, 1.82) is 0 Å². The number of hydrogen-bond donors (Lipinski definition) is 1. The van der Waals surface area contributed by atoms with E-state index < -0.39 is 0 Å². The van der Waals surface area contributed by atoms with Crippen molar-refractivity contribution < 1.29 is 4.79 Å². The highest BCUT2D eigenvalue weighted by Gasteiger charge is 2.50. The first-order valence-corrected chi connectivity index (χ1v) is 9.11. The summed E-state index contributed by atoms with van der Waals surface area (Å²) in [7, 11) is 0. The van der Waals surface area contributed by atoms with Gasteiger partial charge in [0.05, 0.1) is 0 Å². The lowest BCUT2D eigenvalue weighted by molar-refractivity contribution is 0.000499. The van der Waals surface area contributed by atoms with Crippen LogP contribution in [0.1, 0.15) is 61.5 Å². The number of benzene rings is 1. The molecule has 2 fully saturated rings.